The molecular formula is C23H30OS2. The van der Waals surface area contributed by atoms with Crippen LogP contribution in [0.25, 0.3) is 9.75 Å². The molecule has 0 spiro atoms. The molecule has 26 heavy (non-hydrogen) atoms. The maximum atomic E-state index is 11.5. The number of aryl methyl sites for hydroxylation is 2. The lowest BCUT2D eigenvalue weighted by atomic mass is 10.1. The second-order valence-electron chi connectivity index (χ2n) is 6.85. The second kappa shape index (κ2) is 11.4. The van der Waals surface area contributed by atoms with Gasteiger partial charge in [0.05, 0.1) is 9.75 Å². The van der Waals surface area contributed by atoms with Crippen LogP contribution in [0.4, 0.5) is 0 Å². The van der Waals surface area contributed by atoms with Crippen LogP contribution in [0.3, 0.4) is 0 Å². The van der Waals surface area contributed by atoms with Crippen molar-refractivity contribution in [3.05, 3.63) is 33.0 Å². The van der Waals surface area contributed by atoms with Crippen molar-refractivity contribution in [1.29, 1.82) is 0 Å². The molecule has 3 heteroatoms. The molecule has 0 aliphatic rings. The third kappa shape index (κ3) is 5.83. The van der Waals surface area contributed by atoms with Crippen molar-refractivity contribution in [2.45, 2.75) is 78.1 Å². The predicted octanol–water partition coefficient (Wildman–Crippen LogP) is 7.52. The fourth-order valence-corrected chi connectivity index (χ4v) is 5.32. The molecule has 0 atom stereocenters. The maximum absolute atomic E-state index is 11.5. The van der Waals surface area contributed by atoms with Gasteiger partial charge in [0.25, 0.3) is 0 Å². The number of carbonyl (C=O) groups is 1. The number of unbranched alkanes of at least 4 members (excludes halogenated alkanes) is 6. The van der Waals surface area contributed by atoms with E-state index in [1.165, 1.54) is 65.8 Å². The summed E-state index contributed by atoms with van der Waals surface area (Å²) in [4.78, 5) is 15.8. The van der Waals surface area contributed by atoms with Gasteiger partial charge in [-0.2, -0.15) is 0 Å². The Kier molecular flexibility index (Phi) is 9.15. The van der Waals surface area contributed by atoms with E-state index in [0.29, 0.717) is 0 Å². The molecule has 1 nitrogen and oxygen atoms in total. The number of aldehydes is 1. The maximum Gasteiger partial charge on any atom is 0.160 e. The first-order valence-corrected chi connectivity index (χ1v) is 11.5. The van der Waals surface area contributed by atoms with E-state index in [9.17, 15) is 4.79 Å². The lowest BCUT2D eigenvalue weighted by Gasteiger charge is -1.98. The molecule has 2 aromatic heterocycles. The van der Waals surface area contributed by atoms with Crippen LogP contribution in [0, 0.1) is 12.3 Å². The van der Waals surface area contributed by atoms with E-state index < -0.39 is 0 Å². The summed E-state index contributed by atoms with van der Waals surface area (Å²) in [5.41, 5.74) is 2.51. The highest BCUT2D eigenvalue weighted by molar-refractivity contribution is 7.23. The summed E-state index contributed by atoms with van der Waals surface area (Å²) >= 11 is 3.31. The molecular weight excluding hydrogens is 356 g/mol. The zero-order valence-electron chi connectivity index (χ0n) is 16.1. The molecule has 0 bridgehead atoms. The second-order valence-corrected chi connectivity index (χ2v) is 8.98. The Bertz CT molecular complexity index is 730. The van der Waals surface area contributed by atoms with Gasteiger partial charge in [0.1, 0.15) is 0 Å². The van der Waals surface area contributed by atoms with Crippen molar-refractivity contribution in [3.8, 4) is 22.1 Å². The smallest absolute Gasteiger partial charge is 0.160 e. The number of carbonyl (C=O) groups excluding carboxylic acids is 1. The highest BCUT2D eigenvalue weighted by Crippen LogP contribution is 2.38. The van der Waals surface area contributed by atoms with Gasteiger partial charge in [0, 0.05) is 9.75 Å². The number of terminal acetylenes is 1. The van der Waals surface area contributed by atoms with Gasteiger partial charge in [0.2, 0.25) is 0 Å². The third-order valence-corrected chi connectivity index (χ3v) is 7.14. The molecule has 0 unspecified atom stereocenters. The minimum atomic E-state index is 0.886. The Labute approximate surface area is 166 Å². The van der Waals surface area contributed by atoms with Gasteiger partial charge < -0.3 is 0 Å². The number of thiophene rings is 2. The average Bonchev–Trinajstić information content (AvgIpc) is 3.26. The molecule has 2 rings (SSSR count). The molecule has 0 aliphatic carbocycles. The summed E-state index contributed by atoms with van der Waals surface area (Å²) in [5.74, 6) is 2.86. The monoisotopic (exact) mass is 386 g/mol. The molecule has 2 aromatic rings. The zero-order chi connectivity index (χ0) is 18.8. The van der Waals surface area contributed by atoms with E-state index in [1.54, 1.807) is 22.7 Å². The largest absolute Gasteiger partial charge is 0.297 e. The molecule has 0 saturated heterocycles. The van der Waals surface area contributed by atoms with Crippen LogP contribution >= 0.6 is 22.7 Å². The quantitative estimate of drug-likeness (QED) is 0.209. The van der Waals surface area contributed by atoms with Crippen LogP contribution in [-0.2, 0) is 12.8 Å². The van der Waals surface area contributed by atoms with Gasteiger partial charge in [-0.05, 0) is 48.9 Å². The van der Waals surface area contributed by atoms with E-state index >= 15 is 0 Å². The summed E-state index contributed by atoms with van der Waals surface area (Å²) in [6, 6.07) is 4.47. The van der Waals surface area contributed by atoms with Crippen molar-refractivity contribution in [1.82, 2.24) is 0 Å². The normalized spacial score (nSPS) is 10.8. The third-order valence-electron chi connectivity index (χ3n) is 4.73. The molecule has 0 radical (unpaired) electrons. The van der Waals surface area contributed by atoms with Crippen LogP contribution < -0.4 is 0 Å². The van der Waals surface area contributed by atoms with E-state index in [2.05, 4.69) is 31.9 Å². The minimum Gasteiger partial charge on any atom is -0.297 e. The number of hydrogen-bond acceptors (Lipinski definition) is 3. The van der Waals surface area contributed by atoms with Gasteiger partial charge in [-0.1, -0.05) is 58.3 Å². The van der Waals surface area contributed by atoms with Crippen molar-refractivity contribution in [2.75, 3.05) is 0 Å². The molecule has 2 heterocycles. The van der Waals surface area contributed by atoms with Gasteiger partial charge in [0.15, 0.2) is 6.29 Å². The summed E-state index contributed by atoms with van der Waals surface area (Å²) in [7, 11) is 0. The Morgan fingerprint density at radius 1 is 0.885 bits per heavy atom. The predicted molar refractivity (Wildman–Crippen MR) is 117 cm³/mol. The molecule has 0 aromatic carbocycles. The Morgan fingerprint density at radius 3 is 2.04 bits per heavy atom. The summed E-state index contributed by atoms with van der Waals surface area (Å²) in [6.07, 6.45) is 18.7. The molecule has 0 amide bonds. The topological polar surface area (TPSA) is 17.1 Å². The summed E-state index contributed by atoms with van der Waals surface area (Å²) < 4.78 is 0. The van der Waals surface area contributed by atoms with Crippen molar-refractivity contribution in [2.24, 2.45) is 0 Å². The van der Waals surface area contributed by atoms with Crippen LogP contribution in [0.2, 0.25) is 0 Å². The Balaban J connectivity index is 2.12. The van der Waals surface area contributed by atoms with Crippen LogP contribution in [0.15, 0.2) is 12.1 Å². The molecule has 0 N–H and O–H groups in total. The van der Waals surface area contributed by atoms with Crippen molar-refractivity contribution >= 4 is 29.0 Å². The summed E-state index contributed by atoms with van der Waals surface area (Å²) in [5, 5.41) is 0. The molecule has 0 aliphatic heterocycles. The first-order valence-electron chi connectivity index (χ1n) is 9.91. The SMILES string of the molecule is C#Cc1sc(-c2cc(CCCCCC)c(C=O)s2)cc1CCCCCC. The van der Waals surface area contributed by atoms with Crippen molar-refractivity contribution in [3.63, 3.8) is 0 Å². The standard InChI is InChI=1S/C23H30OS2/c1-4-7-9-11-13-18-15-21(25-20(18)6-3)22-16-19(23(17-24)26-22)14-12-10-8-5-2/h3,15-17H,4-5,7-14H2,1-2H3. The lowest BCUT2D eigenvalue weighted by molar-refractivity contribution is 0.112. The van der Waals surface area contributed by atoms with Gasteiger partial charge in [-0.15, -0.1) is 29.1 Å². The summed E-state index contributed by atoms with van der Waals surface area (Å²) in [6.45, 7) is 4.45. The first kappa shape index (κ1) is 20.9. The lowest BCUT2D eigenvalue weighted by Crippen LogP contribution is -1.87. The van der Waals surface area contributed by atoms with Gasteiger partial charge in [-0.25, -0.2) is 0 Å². The Morgan fingerprint density at radius 2 is 1.46 bits per heavy atom. The van der Waals surface area contributed by atoms with Crippen molar-refractivity contribution < 1.29 is 4.79 Å². The van der Waals surface area contributed by atoms with Crippen LogP contribution in [0.1, 0.15) is 90.9 Å². The van der Waals surface area contributed by atoms with Crippen LogP contribution in [0.5, 0.6) is 0 Å². The highest BCUT2D eigenvalue weighted by atomic mass is 32.1. The number of hydrogen-bond donors (Lipinski definition) is 0. The minimum absolute atomic E-state index is 0.886. The fraction of sp³-hybridized carbons (Fsp3) is 0.522. The van der Waals surface area contributed by atoms with Gasteiger partial charge in [-0.3, -0.25) is 4.79 Å². The zero-order valence-corrected chi connectivity index (χ0v) is 17.7. The number of rotatable bonds is 12. The molecule has 0 saturated carbocycles. The Hall–Kier alpha value is -1.37. The van der Waals surface area contributed by atoms with E-state index in [1.807, 2.05) is 0 Å². The van der Waals surface area contributed by atoms with E-state index in [-0.39, 0.29) is 0 Å². The average molecular weight is 387 g/mol. The van der Waals surface area contributed by atoms with Gasteiger partial charge >= 0.3 is 0 Å². The molecule has 140 valence electrons. The van der Waals surface area contributed by atoms with Crippen LogP contribution in [-0.4, -0.2) is 6.29 Å². The van der Waals surface area contributed by atoms with E-state index in [4.69, 9.17) is 6.42 Å². The first-order chi connectivity index (χ1) is 12.7. The highest BCUT2D eigenvalue weighted by Gasteiger charge is 2.14. The molecule has 0 fully saturated rings. The fourth-order valence-electron chi connectivity index (χ4n) is 3.20. The van der Waals surface area contributed by atoms with E-state index in [0.717, 1.165) is 35.3 Å².